The second-order valence-corrected chi connectivity index (χ2v) is 11.1. The van der Waals surface area contributed by atoms with Crippen LogP contribution in [0.2, 0.25) is 0 Å². The fourth-order valence-corrected chi connectivity index (χ4v) is 5.17. The minimum Gasteiger partial charge on any atom is -0.356 e. The van der Waals surface area contributed by atoms with Crippen LogP contribution in [0.15, 0.2) is 18.2 Å². The summed E-state index contributed by atoms with van der Waals surface area (Å²) < 4.78 is 39.2. The van der Waals surface area contributed by atoms with Gasteiger partial charge in [0.2, 0.25) is 5.91 Å². The van der Waals surface area contributed by atoms with Crippen LogP contribution in [0.3, 0.4) is 0 Å². The first kappa shape index (κ1) is 23.3. The van der Waals surface area contributed by atoms with Gasteiger partial charge in [-0.2, -0.15) is 13.2 Å². The van der Waals surface area contributed by atoms with E-state index in [-0.39, 0.29) is 29.3 Å². The maximum atomic E-state index is 13.2. The van der Waals surface area contributed by atoms with E-state index in [0.717, 1.165) is 31.9 Å². The van der Waals surface area contributed by atoms with Crippen molar-refractivity contribution in [2.24, 2.45) is 23.2 Å². The molecule has 4 rings (SSSR count). The Kier molecular flexibility index (Phi) is 6.45. The summed E-state index contributed by atoms with van der Waals surface area (Å²) in [6.07, 6.45) is 0.704. The van der Waals surface area contributed by atoms with E-state index < -0.39 is 11.9 Å². The monoisotopic (exact) mass is 452 g/mol. The van der Waals surface area contributed by atoms with Crippen molar-refractivity contribution in [2.45, 2.75) is 71.1 Å². The van der Waals surface area contributed by atoms with Crippen LogP contribution in [0, 0.1) is 23.2 Å². The zero-order valence-corrected chi connectivity index (χ0v) is 19.2. The molecule has 1 amide bonds. The summed E-state index contributed by atoms with van der Waals surface area (Å²) in [7, 11) is 0. The van der Waals surface area contributed by atoms with Crippen molar-refractivity contribution >= 4 is 11.7 Å². The average molecular weight is 453 g/mol. The van der Waals surface area contributed by atoms with Crippen molar-refractivity contribution in [1.29, 1.82) is 0 Å². The van der Waals surface area contributed by atoms with Gasteiger partial charge in [0.15, 0.2) is 0 Å². The fraction of sp³-hybridized carbons (Fsp3) is 0.750. The number of hydrogen-bond donors (Lipinski definition) is 2. The molecule has 0 aromatic carbocycles. The molecule has 4 atom stereocenters. The molecule has 3 aliphatic rings. The highest BCUT2D eigenvalue weighted by Crippen LogP contribution is 2.40. The second kappa shape index (κ2) is 8.84. The Bertz CT molecular complexity index is 818. The van der Waals surface area contributed by atoms with Gasteiger partial charge in [-0.1, -0.05) is 26.8 Å². The van der Waals surface area contributed by atoms with E-state index in [1.54, 1.807) is 6.07 Å². The fourth-order valence-electron chi connectivity index (χ4n) is 5.17. The van der Waals surface area contributed by atoms with Crippen LogP contribution in [0.5, 0.6) is 0 Å². The van der Waals surface area contributed by atoms with Crippen molar-refractivity contribution in [1.82, 2.24) is 15.6 Å². The molecule has 1 aromatic rings. The van der Waals surface area contributed by atoms with Crippen molar-refractivity contribution in [3.8, 4) is 0 Å². The van der Waals surface area contributed by atoms with E-state index >= 15 is 0 Å². The average Bonchev–Trinajstić information content (AvgIpc) is 3.32. The van der Waals surface area contributed by atoms with Gasteiger partial charge in [-0.25, -0.2) is 4.98 Å². The first-order chi connectivity index (χ1) is 15.0. The molecule has 2 saturated carbocycles. The molecule has 1 aliphatic heterocycles. The Hall–Kier alpha value is -1.83. The molecule has 2 aliphatic carbocycles. The van der Waals surface area contributed by atoms with Gasteiger partial charge in [-0.05, 0) is 68.0 Å². The zero-order chi connectivity index (χ0) is 23.1. The van der Waals surface area contributed by atoms with E-state index in [0.29, 0.717) is 30.7 Å². The maximum Gasteiger partial charge on any atom is 0.433 e. The summed E-state index contributed by atoms with van der Waals surface area (Å²) >= 11 is 0. The van der Waals surface area contributed by atoms with Gasteiger partial charge >= 0.3 is 6.18 Å². The van der Waals surface area contributed by atoms with Crippen molar-refractivity contribution in [3.05, 3.63) is 23.9 Å². The third-order valence-electron chi connectivity index (χ3n) is 7.02. The summed E-state index contributed by atoms with van der Waals surface area (Å²) in [5.74, 6) is 1.74. The number of halogens is 3. The number of rotatable bonds is 7. The lowest BCUT2D eigenvalue weighted by Crippen LogP contribution is -2.51. The predicted molar refractivity (Wildman–Crippen MR) is 118 cm³/mol. The minimum absolute atomic E-state index is 0.0378. The van der Waals surface area contributed by atoms with Gasteiger partial charge in [0.25, 0.3) is 0 Å². The highest BCUT2D eigenvalue weighted by molar-refractivity contribution is 5.82. The molecule has 5 nitrogen and oxygen atoms in total. The Labute approximate surface area is 188 Å². The Morgan fingerprint density at radius 3 is 2.56 bits per heavy atom. The molecule has 0 spiro atoms. The molecular weight excluding hydrogens is 417 g/mol. The SMILES string of the molecule is CC(C)(C)C[C@H](NCC1CC1)C(=O)N[C@H]1CC[C@@H]2CN(c3cccc(C(F)(F)F)n3)C[C@@H]21. The molecule has 8 heteroatoms. The number of alkyl halides is 3. The molecule has 0 radical (unpaired) electrons. The Morgan fingerprint density at radius 1 is 1.16 bits per heavy atom. The predicted octanol–water partition coefficient (Wildman–Crippen LogP) is 4.24. The number of nitrogens with one attached hydrogen (secondary N) is 2. The highest BCUT2D eigenvalue weighted by Gasteiger charge is 2.44. The third-order valence-corrected chi connectivity index (χ3v) is 7.02. The van der Waals surface area contributed by atoms with Crippen LogP contribution in [0.1, 0.15) is 58.6 Å². The lowest BCUT2D eigenvalue weighted by atomic mass is 9.87. The molecule has 1 saturated heterocycles. The van der Waals surface area contributed by atoms with Crippen molar-refractivity contribution in [3.63, 3.8) is 0 Å². The molecule has 3 fully saturated rings. The van der Waals surface area contributed by atoms with Gasteiger partial charge < -0.3 is 15.5 Å². The second-order valence-electron chi connectivity index (χ2n) is 11.1. The minimum atomic E-state index is -4.45. The van der Waals surface area contributed by atoms with Crippen LogP contribution < -0.4 is 15.5 Å². The highest BCUT2D eigenvalue weighted by atomic mass is 19.4. The topological polar surface area (TPSA) is 57.3 Å². The standard InChI is InChI=1S/C24H35F3N4O/c1-23(2,3)11-19(28-12-15-7-8-15)22(32)29-18-10-9-16-13-31(14-17(16)18)21-6-4-5-20(30-21)24(25,26)27/h4-6,15-19,28H,7-14H2,1-3H3,(H,29,32)/t16-,17+,18+,19+/m1/s1. The van der Waals surface area contributed by atoms with Crippen LogP contribution in [-0.4, -0.2) is 42.6 Å². The van der Waals surface area contributed by atoms with Gasteiger partial charge in [0, 0.05) is 25.0 Å². The van der Waals surface area contributed by atoms with Crippen LogP contribution >= 0.6 is 0 Å². The summed E-state index contributed by atoms with van der Waals surface area (Å²) in [5, 5.41) is 6.78. The van der Waals surface area contributed by atoms with Gasteiger partial charge in [-0.3, -0.25) is 4.79 Å². The largest absolute Gasteiger partial charge is 0.433 e. The van der Waals surface area contributed by atoms with E-state index in [9.17, 15) is 18.0 Å². The number of nitrogens with zero attached hydrogens (tertiary/aromatic N) is 2. The number of hydrogen-bond acceptors (Lipinski definition) is 4. The number of fused-ring (bicyclic) bond motifs is 1. The van der Waals surface area contributed by atoms with Gasteiger partial charge in [-0.15, -0.1) is 0 Å². The number of aromatic nitrogens is 1. The van der Waals surface area contributed by atoms with Crippen molar-refractivity contribution < 1.29 is 18.0 Å². The summed E-state index contributed by atoms with van der Waals surface area (Å²) in [4.78, 5) is 19.0. The molecule has 32 heavy (non-hydrogen) atoms. The molecule has 1 aromatic heterocycles. The van der Waals surface area contributed by atoms with E-state index in [4.69, 9.17) is 0 Å². The number of carbonyl (C=O) groups is 1. The molecule has 2 N–H and O–H groups in total. The maximum absolute atomic E-state index is 13.2. The quantitative estimate of drug-likeness (QED) is 0.650. The zero-order valence-electron chi connectivity index (χ0n) is 19.2. The normalized spacial score (nSPS) is 26.8. The van der Waals surface area contributed by atoms with Crippen LogP contribution in [-0.2, 0) is 11.0 Å². The summed E-state index contributed by atoms with van der Waals surface area (Å²) in [6.45, 7) is 8.65. The number of pyridine rings is 1. The molecule has 0 unspecified atom stereocenters. The van der Waals surface area contributed by atoms with E-state index in [1.165, 1.54) is 18.9 Å². The molecule has 0 bridgehead atoms. The van der Waals surface area contributed by atoms with Gasteiger partial charge in [0.05, 0.1) is 6.04 Å². The first-order valence-corrected chi connectivity index (χ1v) is 11.8. The number of carbonyl (C=O) groups excluding carboxylic acids is 1. The summed E-state index contributed by atoms with van der Waals surface area (Å²) in [6, 6.07) is 3.92. The first-order valence-electron chi connectivity index (χ1n) is 11.8. The van der Waals surface area contributed by atoms with Crippen LogP contribution in [0.4, 0.5) is 19.0 Å². The molecule has 2 heterocycles. The Balaban J connectivity index is 1.39. The van der Waals surface area contributed by atoms with E-state index in [2.05, 4.69) is 36.4 Å². The van der Waals surface area contributed by atoms with Gasteiger partial charge in [0.1, 0.15) is 11.5 Å². The lowest BCUT2D eigenvalue weighted by molar-refractivity contribution is -0.141. The molecular formula is C24H35F3N4O. The third kappa shape index (κ3) is 5.74. The van der Waals surface area contributed by atoms with Crippen LogP contribution in [0.25, 0.3) is 0 Å². The number of anilines is 1. The lowest BCUT2D eigenvalue weighted by Gasteiger charge is -2.29. The Morgan fingerprint density at radius 2 is 1.91 bits per heavy atom. The number of amides is 1. The molecule has 178 valence electrons. The van der Waals surface area contributed by atoms with E-state index in [1.807, 2.05) is 4.90 Å². The smallest absolute Gasteiger partial charge is 0.356 e. The van der Waals surface area contributed by atoms with Crippen molar-refractivity contribution in [2.75, 3.05) is 24.5 Å². The summed E-state index contributed by atoms with van der Waals surface area (Å²) in [5.41, 5.74) is -0.820.